The minimum atomic E-state index is 0.712. The Morgan fingerprint density at radius 1 is 1.40 bits per heavy atom. The third kappa shape index (κ3) is 2.67. The van der Waals surface area contributed by atoms with E-state index in [9.17, 15) is 0 Å². The SMILES string of the molecule is CC.COc1nncc2c1CC(C)CC2. The molecule has 0 fully saturated rings. The van der Waals surface area contributed by atoms with Gasteiger partial charge in [-0.05, 0) is 30.7 Å². The minimum absolute atomic E-state index is 0.712. The Labute approximate surface area is 91.9 Å². The zero-order valence-electron chi connectivity index (χ0n) is 10.1. The summed E-state index contributed by atoms with van der Waals surface area (Å²) in [6.45, 7) is 6.27. The summed E-state index contributed by atoms with van der Waals surface area (Å²) in [6, 6.07) is 0. The van der Waals surface area contributed by atoms with Crippen LogP contribution in [-0.2, 0) is 12.8 Å². The Morgan fingerprint density at radius 3 is 2.80 bits per heavy atom. The number of hydrogen-bond donors (Lipinski definition) is 0. The molecule has 1 aromatic rings. The standard InChI is InChI=1S/C10H14N2O.C2H6/c1-7-3-4-8-6-11-12-10(13-2)9(8)5-7;1-2/h6-7H,3-5H2,1-2H3;1-2H3. The second-order valence-electron chi connectivity index (χ2n) is 3.71. The number of aromatic nitrogens is 2. The van der Waals surface area contributed by atoms with Gasteiger partial charge in [0.2, 0.25) is 5.88 Å². The van der Waals surface area contributed by atoms with Gasteiger partial charge in [-0.15, -0.1) is 5.10 Å². The highest BCUT2D eigenvalue weighted by molar-refractivity contribution is 5.34. The zero-order chi connectivity index (χ0) is 11.3. The van der Waals surface area contributed by atoms with Crippen molar-refractivity contribution in [1.82, 2.24) is 10.2 Å². The van der Waals surface area contributed by atoms with Crippen LogP contribution in [0.1, 0.15) is 38.3 Å². The molecule has 2 rings (SSSR count). The highest BCUT2D eigenvalue weighted by atomic mass is 16.5. The van der Waals surface area contributed by atoms with E-state index in [2.05, 4.69) is 17.1 Å². The summed E-state index contributed by atoms with van der Waals surface area (Å²) < 4.78 is 5.19. The Bertz CT molecular complexity index is 298. The first-order valence-corrected chi connectivity index (χ1v) is 5.68. The fraction of sp³-hybridized carbons (Fsp3) is 0.667. The van der Waals surface area contributed by atoms with Crippen LogP contribution in [0.4, 0.5) is 0 Å². The van der Waals surface area contributed by atoms with E-state index in [1.807, 2.05) is 20.0 Å². The molecule has 0 aromatic carbocycles. The highest BCUT2D eigenvalue weighted by Gasteiger charge is 2.19. The quantitative estimate of drug-likeness (QED) is 0.711. The molecule has 0 amide bonds. The molecule has 0 saturated heterocycles. The molecule has 0 N–H and O–H groups in total. The van der Waals surface area contributed by atoms with Crippen LogP contribution < -0.4 is 4.74 Å². The van der Waals surface area contributed by atoms with Crippen molar-refractivity contribution >= 4 is 0 Å². The number of rotatable bonds is 1. The van der Waals surface area contributed by atoms with E-state index in [-0.39, 0.29) is 0 Å². The lowest BCUT2D eigenvalue weighted by Crippen LogP contribution is -2.13. The molecule has 1 aliphatic carbocycles. The van der Waals surface area contributed by atoms with Crippen LogP contribution in [0.25, 0.3) is 0 Å². The van der Waals surface area contributed by atoms with Crippen LogP contribution in [-0.4, -0.2) is 17.3 Å². The molecular formula is C12H20N2O. The van der Waals surface area contributed by atoms with Crippen molar-refractivity contribution in [2.24, 2.45) is 5.92 Å². The van der Waals surface area contributed by atoms with Gasteiger partial charge in [-0.1, -0.05) is 20.8 Å². The Morgan fingerprint density at radius 2 is 2.13 bits per heavy atom. The molecule has 1 heterocycles. The molecule has 3 heteroatoms. The van der Waals surface area contributed by atoms with Gasteiger partial charge >= 0.3 is 0 Å². The van der Waals surface area contributed by atoms with E-state index in [0.29, 0.717) is 5.88 Å². The topological polar surface area (TPSA) is 35.0 Å². The average molecular weight is 208 g/mol. The molecule has 0 spiro atoms. The molecule has 0 radical (unpaired) electrons. The predicted octanol–water partition coefficient (Wildman–Crippen LogP) is 2.64. The summed E-state index contributed by atoms with van der Waals surface area (Å²) in [5.74, 6) is 1.45. The maximum atomic E-state index is 5.19. The number of fused-ring (bicyclic) bond motifs is 1. The summed E-state index contributed by atoms with van der Waals surface area (Å²) >= 11 is 0. The number of nitrogens with zero attached hydrogens (tertiary/aromatic N) is 2. The molecule has 3 nitrogen and oxygen atoms in total. The van der Waals surface area contributed by atoms with Crippen molar-refractivity contribution in [3.63, 3.8) is 0 Å². The molecule has 1 aromatic heterocycles. The first-order valence-electron chi connectivity index (χ1n) is 5.68. The van der Waals surface area contributed by atoms with Gasteiger partial charge in [0.15, 0.2) is 0 Å². The molecule has 1 unspecified atom stereocenters. The Hall–Kier alpha value is -1.12. The van der Waals surface area contributed by atoms with Crippen LogP contribution in [0, 0.1) is 5.92 Å². The molecule has 1 atom stereocenters. The van der Waals surface area contributed by atoms with Crippen LogP contribution in [0.2, 0.25) is 0 Å². The highest BCUT2D eigenvalue weighted by Crippen LogP contribution is 2.29. The van der Waals surface area contributed by atoms with Crippen molar-refractivity contribution in [3.05, 3.63) is 17.3 Å². The van der Waals surface area contributed by atoms with E-state index in [1.165, 1.54) is 17.5 Å². The summed E-state index contributed by atoms with van der Waals surface area (Å²) in [4.78, 5) is 0. The van der Waals surface area contributed by atoms with E-state index in [4.69, 9.17) is 4.74 Å². The normalized spacial score (nSPS) is 18.5. The van der Waals surface area contributed by atoms with Gasteiger partial charge in [-0.2, -0.15) is 5.10 Å². The van der Waals surface area contributed by atoms with Crippen LogP contribution in [0.5, 0.6) is 5.88 Å². The molecule has 0 bridgehead atoms. The lowest BCUT2D eigenvalue weighted by Gasteiger charge is -2.21. The lowest BCUT2D eigenvalue weighted by molar-refractivity contribution is 0.374. The van der Waals surface area contributed by atoms with E-state index in [0.717, 1.165) is 18.8 Å². The Kier molecular flexibility index (Phi) is 4.53. The first kappa shape index (κ1) is 12.0. The fourth-order valence-corrected chi connectivity index (χ4v) is 1.88. The second kappa shape index (κ2) is 5.69. The predicted molar refractivity (Wildman–Crippen MR) is 61.1 cm³/mol. The summed E-state index contributed by atoms with van der Waals surface area (Å²) in [5, 5.41) is 7.89. The van der Waals surface area contributed by atoms with Crippen LogP contribution in [0.15, 0.2) is 6.20 Å². The van der Waals surface area contributed by atoms with Gasteiger partial charge in [-0.3, -0.25) is 0 Å². The van der Waals surface area contributed by atoms with Gasteiger partial charge < -0.3 is 4.74 Å². The van der Waals surface area contributed by atoms with Gasteiger partial charge in [-0.25, -0.2) is 0 Å². The van der Waals surface area contributed by atoms with Gasteiger partial charge in [0.05, 0.1) is 13.3 Å². The summed E-state index contributed by atoms with van der Waals surface area (Å²) in [5.41, 5.74) is 2.57. The average Bonchev–Trinajstić information content (AvgIpc) is 2.31. The zero-order valence-corrected chi connectivity index (χ0v) is 10.1. The molecule has 0 aliphatic heterocycles. The summed E-state index contributed by atoms with van der Waals surface area (Å²) in [6.07, 6.45) is 5.31. The number of ether oxygens (including phenoxy) is 1. The van der Waals surface area contributed by atoms with Gasteiger partial charge in [0.25, 0.3) is 0 Å². The van der Waals surface area contributed by atoms with Crippen molar-refractivity contribution in [3.8, 4) is 5.88 Å². The maximum Gasteiger partial charge on any atom is 0.236 e. The number of hydrogen-bond acceptors (Lipinski definition) is 3. The molecule has 1 aliphatic rings. The van der Waals surface area contributed by atoms with Crippen LogP contribution in [0.3, 0.4) is 0 Å². The minimum Gasteiger partial charge on any atom is -0.480 e. The molecule has 84 valence electrons. The van der Waals surface area contributed by atoms with E-state index >= 15 is 0 Å². The number of aryl methyl sites for hydroxylation is 1. The van der Waals surface area contributed by atoms with Crippen molar-refractivity contribution < 1.29 is 4.74 Å². The van der Waals surface area contributed by atoms with Crippen LogP contribution >= 0.6 is 0 Å². The van der Waals surface area contributed by atoms with Crippen molar-refractivity contribution in [2.75, 3.05) is 7.11 Å². The van der Waals surface area contributed by atoms with Crippen molar-refractivity contribution in [1.29, 1.82) is 0 Å². The van der Waals surface area contributed by atoms with Gasteiger partial charge in [0.1, 0.15) is 0 Å². The van der Waals surface area contributed by atoms with E-state index < -0.39 is 0 Å². The fourth-order valence-electron chi connectivity index (χ4n) is 1.88. The second-order valence-corrected chi connectivity index (χ2v) is 3.71. The maximum absolute atomic E-state index is 5.19. The monoisotopic (exact) mass is 208 g/mol. The first-order chi connectivity index (χ1) is 7.31. The van der Waals surface area contributed by atoms with E-state index in [1.54, 1.807) is 7.11 Å². The number of methoxy groups -OCH3 is 1. The third-order valence-corrected chi connectivity index (χ3v) is 2.66. The lowest BCUT2D eigenvalue weighted by atomic mass is 9.86. The smallest absolute Gasteiger partial charge is 0.236 e. The molecular weight excluding hydrogens is 188 g/mol. The Balaban J connectivity index is 0.000000531. The summed E-state index contributed by atoms with van der Waals surface area (Å²) in [7, 11) is 1.66. The molecule has 15 heavy (non-hydrogen) atoms. The van der Waals surface area contributed by atoms with Crippen molar-refractivity contribution in [2.45, 2.75) is 40.0 Å². The van der Waals surface area contributed by atoms with Gasteiger partial charge in [0, 0.05) is 5.56 Å². The largest absolute Gasteiger partial charge is 0.480 e. The third-order valence-electron chi connectivity index (χ3n) is 2.66. The molecule has 0 saturated carbocycles.